The van der Waals surface area contributed by atoms with Crippen LogP contribution in [-0.2, 0) is 17.7 Å². The fourth-order valence-corrected chi connectivity index (χ4v) is 4.72. The summed E-state index contributed by atoms with van der Waals surface area (Å²) in [6.45, 7) is 3.94. The second kappa shape index (κ2) is 12.0. The molecule has 218 valence electrons. The van der Waals surface area contributed by atoms with Crippen molar-refractivity contribution in [2.24, 2.45) is 22.2 Å². The number of amides is 1. The van der Waals surface area contributed by atoms with Gasteiger partial charge in [-0.1, -0.05) is 61.2 Å². The zero-order valence-electron chi connectivity index (χ0n) is 23.2. The molecular formula is C31H28F2N8O2. The molecule has 0 aliphatic heterocycles. The van der Waals surface area contributed by atoms with E-state index < -0.39 is 17.7 Å². The molecule has 1 amide bonds. The van der Waals surface area contributed by atoms with Crippen LogP contribution < -0.4 is 17.2 Å². The summed E-state index contributed by atoms with van der Waals surface area (Å²) in [6, 6.07) is 20.9. The first kappa shape index (κ1) is 28.7. The number of nitrogens with zero attached hydrogens (tertiary/aromatic N) is 5. The first-order valence-corrected chi connectivity index (χ1v) is 13.0. The van der Waals surface area contributed by atoms with Gasteiger partial charge in [0.05, 0.1) is 31.1 Å². The lowest BCUT2D eigenvalue weighted by atomic mass is 10.1. The minimum absolute atomic E-state index is 0.0000563. The van der Waals surface area contributed by atoms with E-state index in [0.717, 1.165) is 27.4 Å². The Hall–Kier alpha value is -5.78. The number of aliphatic imine (C=N–C) groups is 1. The largest absolute Gasteiger partial charge is 0.452 e. The van der Waals surface area contributed by atoms with Gasteiger partial charge in [0.25, 0.3) is 0 Å². The number of carbonyl (C=O) groups is 1. The lowest BCUT2D eigenvalue weighted by molar-refractivity contribution is 0.135. The molecule has 0 atom stereocenters. The Kier molecular flexibility index (Phi) is 8.01. The normalized spacial score (nSPS) is 11.5. The van der Waals surface area contributed by atoms with Crippen molar-refractivity contribution in [1.29, 1.82) is 0 Å². The van der Waals surface area contributed by atoms with Crippen molar-refractivity contribution in [2.75, 3.05) is 7.11 Å². The van der Waals surface area contributed by atoms with Crippen LogP contribution in [0.1, 0.15) is 16.8 Å². The molecule has 10 nitrogen and oxygen atoms in total. The Morgan fingerprint density at radius 1 is 1.02 bits per heavy atom. The molecule has 0 saturated carbocycles. The van der Waals surface area contributed by atoms with E-state index in [2.05, 4.69) is 21.7 Å². The van der Waals surface area contributed by atoms with Gasteiger partial charge in [-0.3, -0.25) is 4.90 Å². The SMILES string of the molecule is C=C(N=C(N)C(=C(N)N)N(Cc1ccc2ccccc2c1)C(=O)OC)n1nc(Cc2ccccc2F)c2ncc(F)cc21. The molecule has 0 aliphatic carbocycles. The van der Waals surface area contributed by atoms with E-state index in [1.54, 1.807) is 18.2 Å². The van der Waals surface area contributed by atoms with E-state index in [1.807, 2.05) is 42.5 Å². The highest BCUT2D eigenvalue weighted by Gasteiger charge is 2.25. The molecule has 2 aromatic heterocycles. The Bertz CT molecular complexity index is 1930. The maximum atomic E-state index is 14.4. The van der Waals surface area contributed by atoms with Crippen molar-refractivity contribution in [3.05, 3.63) is 126 Å². The van der Waals surface area contributed by atoms with Gasteiger partial charge < -0.3 is 21.9 Å². The predicted molar refractivity (Wildman–Crippen MR) is 161 cm³/mol. The summed E-state index contributed by atoms with van der Waals surface area (Å²) in [6.07, 6.45) is 0.323. The van der Waals surface area contributed by atoms with Gasteiger partial charge in [-0.05, 0) is 34.0 Å². The summed E-state index contributed by atoms with van der Waals surface area (Å²) in [5.41, 5.74) is 20.3. The van der Waals surface area contributed by atoms with Crippen molar-refractivity contribution in [3.63, 3.8) is 0 Å². The number of hydrogen-bond donors (Lipinski definition) is 3. The second-order valence-corrected chi connectivity index (χ2v) is 9.60. The molecule has 43 heavy (non-hydrogen) atoms. The van der Waals surface area contributed by atoms with Crippen LogP contribution in [-0.4, -0.2) is 38.7 Å². The monoisotopic (exact) mass is 582 g/mol. The number of halogens is 2. The van der Waals surface area contributed by atoms with Gasteiger partial charge in [0, 0.05) is 12.5 Å². The van der Waals surface area contributed by atoms with Crippen molar-refractivity contribution in [3.8, 4) is 0 Å². The topological polar surface area (TPSA) is 151 Å². The third-order valence-corrected chi connectivity index (χ3v) is 6.70. The zero-order chi connectivity index (χ0) is 30.7. The van der Waals surface area contributed by atoms with Gasteiger partial charge in [-0.25, -0.2) is 28.2 Å². The smallest absolute Gasteiger partial charge is 0.414 e. The van der Waals surface area contributed by atoms with Crippen LogP contribution in [0.4, 0.5) is 13.6 Å². The number of methoxy groups -OCH3 is 1. The number of rotatable bonds is 8. The van der Waals surface area contributed by atoms with Crippen molar-refractivity contribution in [2.45, 2.75) is 13.0 Å². The van der Waals surface area contributed by atoms with E-state index in [0.29, 0.717) is 16.8 Å². The molecule has 0 fully saturated rings. The zero-order valence-corrected chi connectivity index (χ0v) is 23.2. The van der Waals surface area contributed by atoms with Crippen LogP contribution in [0.15, 0.2) is 102 Å². The molecule has 0 radical (unpaired) electrons. The minimum atomic E-state index is -0.789. The maximum absolute atomic E-state index is 14.4. The fourth-order valence-electron chi connectivity index (χ4n) is 4.72. The Balaban J connectivity index is 1.52. The molecule has 3 aromatic carbocycles. The summed E-state index contributed by atoms with van der Waals surface area (Å²) < 4.78 is 34.9. The molecule has 5 rings (SSSR count). The molecule has 0 unspecified atom stereocenters. The number of aromatic nitrogens is 3. The van der Waals surface area contributed by atoms with E-state index in [4.69, 9.17) is 21.9 Å². The summed E-state index contributed by atoms with van der Waals surface area (Å²) in [4.78, 5) is 22.6. The number of benzene rings is 3. The van der Waals surface area contributed by atoms with Gasteiger partial charge in [0.1, 0.15) is 34.5 Å². The lowest BCUT2D eigenvalue weighted by Gasteiger charge is -2.25. The lowest BCUT2D eigenvalue weighted by Crippen LogP contribution is -2.39. The van der Waals surface area contributed by atoms with Crippen LogP contribution in [0.3, 0.4) is 0 Å². The average Bonchev–Trinajstić information content (AvgIpc) is 3.34. The third kappa shape index (κ3) is 5.98. The third-order valence-electron chi connectivity index (χ3n) is 6.70. The summed E-state index contributed by atoms with van der Waals surface area (Å²) in [7, 11) is 1.21. The second-order valence-electron chi connectivity index (χ2n) is 9.60. The van der Waals surface area contributed by atoms with Gasteiger partial charge in [0.2, 0.25) is 0 Å². The van der Waals surface area contributed by atoms with Gasteiger partial charge >= 0.3 is 6.09 Å². The molecule has 2 heterocycles. The summed E-state index contributed by atoms with van der Waals surface area (Å²) >= 11 is 0. The van der Waals surface area contributed by atoms with E-state index in [9.17, 15) is 13.6 Å². The summed E-state index contributed by atoms with van der Waals surface area (Å²) in [5.74, 6) is -1.70. The highest BCUT2D eigenvalue weighted by Crippen LogP contribution is 2.25. The molecule has 0 aliphatic rings. The number of hydrogen-bond acceptors (Lipinski definition) is 7. The number of amidine groups is 1. The van der Waals surface area contributed by atoms with Crippen molar-refractivity contribution in [1.82, 2.24) is 19.7 Å². The predicted octanol–water partition coefficient (Wildman–Crippen LogP) is 4.59. The molecule has 5 aromatic rings. The number of carbonyl (C=O) groups excluding carboxylic acids is 1. The highest BCUT2D eigenvalue weighted by atomic mass is 19.1. The standard InChI is InChI=1S/C31H28F2N8O2/c1-18(41-26-15-23(32)16-37-27(26)25(39-41)14-22-9-5-6-10-24(22)33)38-30(36)28(29(34)35)40(31(42)43-2)17-19-11-12-20-7-3-4-8-21(20)13-19/h3-13,15-16H,1,14,17,34-35H2,2H3,(H2,36,38). The molecular weight excluding hydrogens is 554 g/mol. The Morgan fingerprint density at radius 3 is 2.47 bits per heavy atom. The fraction of sp³-hybridized carbons (Fsp3) is 0.0968. The minimum Gasteiger partial charge on any atom is -0.452 e. The summed E-state index contributed by atoms with van der Waals surface area (Å²) in [5, 5.41) is 6.48. The Labute approximate surface area is 245 Å². The van der Waals surface area contributed by atoms with E-state index in [-0.39, 0.29) is 41.7 Å². The van der Waals surface area contributed by atoms with E-state index >= 15 is 0 Å². The molecule has 12 heteroatoms. The Morgan fingerprint density at radius 2 is 1.74 bits per heavy atom. The van der Waals surface area contributed by atoms with Crippen molar-refractivity contribution < 1.29 is 18.3 Å². The first-order valence-electron chi connectivity index (χ1n) is 13.0. The van der Waals surface area contributed by atoms with Gasteiger partial charge in [-0.15, -0.1) is 0 Å². The number of fused-ring (bicyclic) bond motifs is 2. The van der Waals surface area contributed by atoms with E-state index in [1.165, 1.54) is 23.9 Å². The number of ether oxygens (including phenoxy) is 1. The average molecular weight is 583 g/mol. The molecule has 6 N–H and O–H groups in total. The van der Waals surface area contributed by atoms with Crippen molar-refractivity contribution >= 4 is 39.6 Å². The maximum Gasteiger partial charge on any atom is 0.414 e. The van der Waals surface area contributed by atoms with Crippen LogP contribution in [0.2, 0.25) is 0 Å². The first-order chi connectivity index (χ1) is 20.7. The van der Waals surface area contributed by atoms with Gasteiger partial charge in [-0.2, -0.15) is 5.10 Å². The molecule has 0 bridgehead atoms. The quantitative estimate of drug-likeness (QED) is 0.179. The highest BCUT2D eigenvalue weighted by molar-refractivity contribution is 6.02. The molecule has 0 saturated heterocycles. The van der Waals surface area contributed by atoms with Crippen LogP contribution >= 0.6 is 0 Å². The van der Waals surface area contributed by atoms with Gasteiger partial charge in [0.15, 0.2) is 5.84 Å². The van der Waals surface area contributed by atoms with Crippen LogP contribution in [0, 0.1) is 11.6 Å². The van der Waals surface area contributed by atoms with Crippen LogP contribution in [0.5, 0.6) is 0 Å². The molecule has 0 spiro atoms. The van der Waals surface area contributed by atoms with Crippen LogP contribution in [0.25, 0.3) is 27.6 Å². The number of nitrogens with two attached hydrogens (primary N) is 3. The number of pyridine rings is 1.